The first-order valence-electron chi connectivity index (χ1n) is 6.12. The summed E-state index contributed by atoms with van der Waals surface area (Å²) in [6.45, 7) is 4.04. The van der Waals surface area contributed by atoms with Gasteiger partial charge in [-0.05, 0) is 37.6 Å². The monoisotopic (exact) mass is 275 g/mol. The molecule has 2 heterocycles. The van der Waals surface area contributed by atoms with Gasteiger partial charge in [-0.25, -0.2) is 4.98 Å². The van der Waals surface area contributed by atoms with Crippen LogP contribution in [-0.2, 0) is 6.42 Å². The summed E-state index contributed by atoms with van der Waals surface area (Å²) >= 11 is 5.09. The standard InChI is InChI=1S/C14H17N3OS/c1-9-5-6-16-14(12(9)13(15)19)17-10(2)8-11-4-3-7-18-11/h3-7,10H,8H2,1-2H3,(H2,15,19)(H,16,17). The fourth-order valence-corrected chi connectivity index (χ4v) is 2.25. The van der Waals surface area contributed by atoms with Gasteiger partial charge >= 0.3 is 0 Å². The van der Waals surface area contributed by atoms with Crippen molar-refractivity contribution in [2.45, 2.75) is 26.3 Å². The molecule has 2 aromatic heterocycles. The molecule has 0 aliphatic carbocycles. The number of nitrogens with one attached hydrogen (secondary N) is 1. The number of hydrogen-bond acceptors (Lipinski definition) is 4. The van der Waals surface area contributed by atoms with Gasteiger partial charge in [0.05, 0.1) is 11.8 Å². The predicted octanol–water partition coefficient (Wildman–Crippen LogP) is 2.66. The number of aromatic nitrogens is 1. The summed E-state index contributed by atoms with van der Waals surface area (Å²) in [5.74, 6) is 1.66. The number of thiocarbonyl (C=S) groups is 1. The third-order valence-corrected chi connectivity index (χ3v) is 3.08. The highest BCUT2D eigenvalue weighted by molar-refractivity contribution is 7.80. The molecule has 0 saturated carbocycles. The van der Waals surface area contributed by atoms with Crippen LogP contribution in [0.2, 0.25) is 0 Å². The Morgan fingerprint density at radius 2 is 2.32 bits per heavy atom. The molecule has 2 rings (SSSR count). The summed E-state index contributed by atoms with van der Waals surface area (Å²) in [5.41, 5.74) is 7.59. The SMILES string of the molecule is Cc1ccnc(NC(C)Cc2ccco2)c1C(N)=S. The summed E-state index contributed by atoms with van der Waals surface area (Å²) in [6.07, 6.45) is 4.20. The molecule has 1 unspecified atom stereocenters. The average Bonchev–Trinajstić information content (AvgIpc) is 2.81. The van der Waals surface area contributed by atoms with Gasteiger partial charge < -0.3 is 15.5 Å². The average molecular weight is 275 g/mol. The van der Waals surface area contributed by atoms with Crippen LogP contribution in [0.25, 0.3) is 0 Å². The molecular weight excluding hydrogens is 258 g/mol. The Morgan fingerprint density at radius 3 is 2.95 bits per heavy atom. The van der Waals surface area contributed by atoms with E-state index in [2.05, 4.69) is 17.2 Å². The molecule has 0 spiro atoms. The highest BCUT2D eigenvalue weighted by Gasteiger charge is 2.13. The van der Waals surface area contributed by atoms with E-state index in [1.165, 1.54) is 0 Å². The fourth-order valence-electron chi connectivity index (χ4n) is 1.99. The van der Waals surface area contributed by atoms with Crippen molar-refractivity contribution in [3.8, 4) is 0 Å². The van der Waals surface area contributed by atoms with Crippen molar-refractivity contribution < 1.29 is 4.42 Å². The zero-order valence-corrected chi connectivity index (χ0v) is 11.8. The van der Waals surface area contributed by atoms with Gasteiger partial charge in [0.15, 0.2) is 0 Å². The van der Waals surface area contributed by atoms with Gasteiger partial charge in [0.2, 0.25) is 0 Å². The highest BCUT2D eigenvalue weighted by atomic mass is 32.1. The number of aryl methyl sites for hydroxylation is 1. The molecule has 1 atom stereocenters. The van der Waals surface area contributed by atoms with Crippen molar-refractivity contribution in [2.75, 3.05) is 5.32 Å². The molecule has 0 bridgehead atoms. The zero-order valence-electron chi connectivity index (χ0n) is 11.0. The van der Waals surface area contributed by atoms with Crippen molar-refractivity contribution >= 4 is 23.0 Å². The van der Waals surface area contributed by atoms with E-state index in [4.69, 9.17) is 22.4 Å². The fraction of sp³-hybridized carbons (Fsp3) is 0.286. The van der Waals surface area contributed by atoms with Crippen LogP contribution >= 0.6 is 12.2 Å². The maximum Gasteiger partial charge on any atom is 0.136 e. The Morgan fingerprint density at radius 1 is 1.53 bits per heavy atom. The summed E-state index contributed by atoms with van der Waals surface area (Å²) in [7, 11) is 0. The summed E-state index contributed by atoms with van der Waals surface area (Å²) in [4.78, 5) is 4.68. The van der Waals surface area contributed by atoms with E-state index in [0.29, 0.717) is 4.99 Å². The Labute approximate surface area is 118 Å². The van der Waals surface area contributed by atoms with E-state index in [0.717, 1.165) is 29.1 Å². The Kier molecular flexibility index (Phi) is 4.16. The zero-order chi connectivity index (χ0) is 13.8. The second-order valence-corrected chi connectivity index (χ2v) is 4.98. The van der Waals surface area contributed by atoms with Gasteiger partial charge in [0.1, 0.15) is 16.6 Å². The Bertz CT molecular complexity index is 566. The second kappa shape index (κ2) is 5.84. The topological polar surface area (TPSA) is 64.1 Å². The quantitative estimate of drug-likeness (QED) is 0.821. The Balaban J connectivity index is 2.14. The molecule has 100 valence electrons. The van der Waals surface area contributed by atoms with Gasteiger partial charge in [-0.1, -0.05) is 12.2 Å². The van der Waals surface area contributed by atoms with Gasteiger partial charge in [-0.15, -0.1) is 0 Å². The lowest BCUT2D eigenvalue weighted by atomic mass is 10.1. The first-order chi connectivity index (χ1) is 9.08. The lowest BCUT2D eigenvalue weighted by molar-refractivity contribution is 0.497. The first kappa shape index (κ1) is 13.5. The molecule has 0 aliphatic rings. The third kappa shape index (κ3) is 3.32. The normalized spacial score (nSPS) is 12.1. The van der Waals surface area contributed by atoms with Gasteiger partial charge in [-0.2, -0.15) is 0 Å². The van der Waals surface area contributed by atoms with Crippen LogP contribution in [-0.4, -0.2) is 16.0 Å². The molecule has 0 radical (unpaired) electrons. The van der Waals surface area contributed by atoms with E-state index in [1.54, 1.807) is 12.5 Å². The van der Waals surface area contributed by atoms with Gasteiger partial charge in [0, 0.05) is 18.7 Å². The van der Waals surface area contributed by atoms with E-state index < -0.39 is 0 Å². The lowest BCUT2D eigenvalue weighted by Gasteiger charge is -2.17. The number of furan rings is 1. The van der Waals surface area contributed by atoms with Gasteiger partial charge in [-0.3, -0.25) is 0 Å². The number of nitrogens with two attached hydrogens (primary N) is 1. The van der Waals surface area contributed by atoms with Crippen molar-refractivity contribution in [1.29, 1.82) is 0 Å². The maximum absolute atomic E-state index is 5.76. The minimum atomic E-state index is 0.175. The molecule has 3 N–H and O–H groups in total. The molecule has 4 nitrogen and oxygen atoms in total. The van der Waals surface area contributed by atoms with Crippen molar-refractivity contribution in [1.82, 2.24) is 4.98 Å². The molecular formula is C14H17N3OS. The molecule has 0 amide bonds. The largest absolute Gasteiger partial charge is 0.469 e. The maximum atomic E-state index is 5.76. The summed E-state index contributed by atoms with van der Waals surface area (Å²) < 4.78 is 5.33. The lowest BCUT2D eigenvalue weighted by Crippen LogP contribution is -2.23. The van der Waals surface area contributed by atoms with Crippen LogP contribution in [0.15, 0.2) is 35.1 Å². The van der Waals surface area contributed by atoms with Crippen molar-refractivity contribution in [2.24, 2.45) is 5.73 Å². The molecule has 0 saturated heterocycles. The molecule has 0 fully saturated rings. The minimum Gasteiger partial charge on any atom is -0.469 e. The van der Waals surface area contributed by atoms with Crippen molar-refractivity contribution in [3.63, 3.8) is 0 Å². The minimum absolute atomic E-state index is 0.175. The first-order valence-corrected chi connectivity index (χ1v) is 6.53. The number of rotatable bonds is 5. The summed E-state index contributed by atoms with van der Waals surface area (Å²) in [5, 5.41) is 3.33. The van der Waals surface area contributed by atoms with Crippen LogP contribution in [0.4, 0.5) is 5.82 Å². The number of nitrogens with zero attached hydrogens (tertiary/aromatic N) is 1. The van der Waals surface area contributed by atoms with E-state index >= 15 is 0 Å². The molecule has 0 aliphatic heterocycles. The molecule has 2 aromatic rings. The van der Waals surface area contributed by atoms with Crippen LogP contribution in [0.5, 0.6) is 0 Å². The van der Waals surface area contributed by atoms with Gasteiger partial charge in [0.25, 0.3) is 0 Å². The van der Waals surface area contributed by atoms with Crippen LogP contribution in [0, 0.1) is 6.92 Å². The molecule has 0 aromatic carbocycles. The number of hydrogen-bond donors (Lipinski definition) is 2. The predicted molar refractivity (Wildman–Crippen MR) is 80.4 cm³/mol. The third-order valence-electron chi connectivity index (χ3n) is 2.88. The summed E-state index contributed by atoms with van der Waals surface area (Å²) in [6, 6.07) is 5.91. The molecule has 5 heteroatoms. The number of pyridine rings is 1. The molecule has 19 heavy (non-hydrogen) atoms. The van der Waals surface area contributed by atoms with Crippen molar-refractivity contribution in [3.05, 3.63) is 47.5 Å². The van der Waals surface area contributed by atoms with Crippen LogP contribution in [0.3, 0.4) is 0 Å². The highest BCUT2D eigenvalue weighted by Crippen LogP contribution is 2.18. The van der Waals surface area contributed by atoms with E-state index in [-0.39, 0.29) is 6.04 Å². The van der Waals surface area contributed by atoms with Crippen LogP contribution < -0.4 is 11.1 Å². The van der Waals surface area contributed by atoms with E-state index in [9.17, 15) is 0 Å². The number of anilines is 1. The van der Waals surface area contributed by atoms with E-state index in [1.807, 2.05) is 25.1 Å². The van der Waals surface area contributed by atoms with Crippen LogP contribution in [0.1, 0.15) is 23.8 Å². The smallest absolute Gasteiger partial charge is 0.136 e. The Hall–Kier alpha value is -1.88. The second-order valence-electron chi connectivity index (χ2n) is 4.54.